The standard InChI is InChI=1S/C12H16N2O3/c15-12(16)10-7-8-13-14-11(10)17-9-5-3-1-2-4-6-9/h7-9H,1-6H2,(H,15,16). The molecule has 1 fully saturated rings. The summed E-state index contributed by atoms with van der Waals surface area (Å²) >= 11 is 0. The number of carboxylic acids is 1. The Bertz CT molecular complexity index is 387. The number of rotatable bonds is 3. The Morgan fingerprint density at radius 1 is 1.29 bits per heavy atom. The minimum atomic E-state index is -1.02. The van der Waals surface area contributed by atoms with Gasteiger partial charge < -0.3 is 9.84 Å². The molecule has 0 aromatic carbocycles. The SMILES string of the molecule is O=C(O)c1ccnnc1OC1CCCCCC1. The van der Waals surface area contributed by atoms with Crippen LogP contribution in [0.4, 0.5) is 0 Å². The molecule has 1 aliphatic carbocycles. The smallest absolute Gasteiger partial charge is 0.341 e. The van der Waals surface area contributed by atoms with Crippen LogP contribution in [0.15, 0.2) is 12.3 Å². The Labute approximate surface area is 99.8 Å². The van der Waals surface area contributed by atoms with Crippen LogP contribution in [0.3, 0.4) is 0 Å². The van der Waals surface area contributed by atoms with Crippen molar-refractivity contribution in [2.24, 2.45) is 0 Å². The van der Waals surface area contributed by atoms with Crippen LogP contribution in [-0.4, -0.2) is 27.4 Å². The zero-order valence-electron chi connectivity index (χ0n) is 9.63. The molecule has 5 nitrogen and oxygen atoms in total. The molecule has 0 atom stereocenters. The summed E-state index contributed by atoms with van der Waals surface area (Å²) in [7, 11) is 0. The summed E-state index contributed by atoms with van der Waals surface area (Å²) in [5.74, 6) is -0.879. The maximum absolute atomic E-state index is 11.0. The molecular formula is C12H16N2O3. The fourth-order valence-electron chi connectivity index (χ4n) is 2.09. The average Bonchev–Trinajstić information content (AvgIpc) is 2.58. The van der Waals surface area contributed by atoms with E-state index in [0.29, 0.717) is 0 Å². The quantitative estimate of drug-likeness (QED) is 0.815. The highest BCUT2D eigenvalue weighted by Crippen LogP contribution is 2.23. The van der Waals surface area contributed by atoms with Gasteiger partial charge in [0.15, 0.2) is 0 Å². The lowest BCUT2D eigenvalue weighted by molar-refractivity contribution is 0.0685. The molecule has 1 aliphatic rings. The minimum Gasteiger partial charge on any atom is -0.477 e. The molecule has 0 saturated heterocycles. The van der Waals surface area contributed by atoms with Gasteiger partial charge in [-0.05, 0) is 31.7 Å². The Morgan fingerprint density at radius 3 is 2.65 bits per heavy atom. The lowest BCUT2D eigenvalue weighted by Crippen LogP contribution is -2.18. The van der Waals surface area contributed by atoms with E-state index >= 15 is 0 Å². The van der Waals surface area contributed by atoms with Gasteiger partial charge in [0.05, 0.1) is 6.20 Å². The maximum atomic E-state index is 11.0. The molecule has 1 N–H and O–H groups in total. The molecule has 92 valence electrons. The lowest BCUT2D eigenvalue weighted by atomic mass is 10.1. The Hall–Kier alpha value is -1.65. The van der Waals surface area contributed by atoms with E-state index in [1.54, 1.807) is 0 Å². The van der Waals surface area contributed by atoms with E-state index in [-0.39, 0.29) is 17.5 Å². The third-order valence-electron chi connectivity index (χ3n) is 3.00. The van der Waals surface area contributed by atoms with Crippen LogP contribution in [0, 0.1) is 0 Å². The molecule has 0 radical (unpaired) electrons. The van der Waals surface area contributed by atoms with E-state index in [1.807, 2.05) is 0 Å². The molecule has 1 saturated carbocycles. The third-order valence-corrected chi connectivity index (χ3v) is 3.00. The van der Waals surface area contributed by atoms with Gasteiger partial charge in [-0.25, -0.2) is 4.79 Å². The van der Waals surface area contributed by atoms with Crippen molar-refractivity contribution in [2.45, 2.75) is 44.6 Å². The maximum Gasteiger partial charge on any atom is 0.341 e. The number of carboxylic acid groups (broad SMARTS) is 1. The van der Waals surface area contributed by atoms with Crippen molar-refractivity contribution in [2.75, 3.05) is 0 Å². The highest BCUT2D eigenvalue weighted by molar-refractivity contribution is 5.89. The van der Waals surface area contributed by atoms with E-state index < -0.39 is 5.97 Å². The van der Waals surface area contributed by atoms with Crippen molar-refractivity contribution in [1.29, 1.82) is 0 Å². The van der Waals surface area contributed by atoms with Crippen LogP contribution in [0.25, 0.3) is 0 Å². The molecule has 0 aliphatic heterocycles. The second-order valence-corrected chi connectivity index (χ2v) is 4.29. The number of aromatic carboxylic acids is 1. The first-order valence-corrected chi connectivity index (χ1v) is 5.99. The molecular weight excluding hydrogens is 220 g/mol. The number of ether oxygens (including phenoxy) is 1. The molecule has 0 amide bonds. The molecule has 1 heterocycles. The zero-order chi connectivity index (χ0) is 12.1. The predicted molar refractivity (Wildman–Crippen MR) is 61.1 cm³/mol. The first kappa shape index (κ1) is 11.8. The van der Waals surface area contributed by atoms with Gasteiger partial charge >= 0.3 is 5.97 Å². The van der Waals surface area contributed by atoms with E-state index in [0.717, 1.165) is 25.7 Å². The minimum absolute atomic E-state index is 0.0762. The van der Waals surface area contributed by atoms with Crippen LogP contribution in [0.1, 0.15) is 48.9 Å². The molecule has 17 heavy (non-hydrogen) atoms. The predicted octanol–water partition coefficient (Wildman–Crippen LogP) is 2.28. The van der Waals surface area contributed by atoms with Gasteiger partial charge in [0.1, 0.15) is 11.7 Å². The van der Waals surface area contributed by atoms with Crippen LogP contribution >= 0.6 is 0 Å². The molecule has 0 unspecified atom stereocenters. The highest BCUT2D eigenvalue weighted by atomic mass is 16.5. The van der Waals surface area contributed by atoms with Crippen LogP contribution in [0.5, 0.6) is 5.88 Å². The van der Waals surface area contributed by atoms with Gasteiger partial charge in [0.2, 0.25) is 5.88 Å². The fourth-order valence-corrected chi connectivity index (χ4v) is 2.09. The van der Waals surface area contributed by atoms with Crippen molar-refractivity contribution in [3.05, 3.63) is 17.8 Å². The van der Waals surface area contributed by atoms with Crippen LogP contribution < -0.4 is 4.74 Å². The van der Waals surface area contributed by atoms with Gasteiger partial charge in [-0.3, -0.25) is 0 Å². The molecule has 5 heteroatoms. The molecule has 2 rings (SSSR count). The van der Waals surface area contributed by atoms with Crippen molar-refractivity contribution in [1.82, 2.24) is 10.2 Å². The highest BCUT2D eigenvalue weighted by Gasteiger charge is 2.19. The van der Waals surface area contributed by atoms with Gasteiger partial charge in [-0.2, -0.15) is 5.10 Å². The summed E-state index contributed by atoms with van der Waals surface area (Å²) < 4.78 is 5.67. The number of hydrogen-bond donors (Lipinski definition) is 1. The van der Waals surface area contributed by atoms with E-state index in [4.69, 9.17) is 9.84 Å². The monoisotopic (exact) mass is 236 g/mol. The van der Waals surface area contributed by atoms with Gasteiger partial charge in [0.25, 0.3) is 0 Å². The molecule has 1 aromatic rings. The van der Waals surface area contributed by atoms with Crippen molar-refractivity contribution in [3.8, 4) is 5.88 Å². The third kappa shape index (κ3) is 3.15. The second kappa shape index (κ2) is 5.61. The first-order chi connectivity index (χ1) is 8.27. The van der Waals surface area contributed by atoms with E-state index in [9.17, 15) is 4.79 Å². The number of hydrogen-bond acceptors (Lipinski definition) is 4. The molecule has 0 spiro atoms. The topological polar surface area (TPSA) is 72.3 Å². The normalized spacial score (nSPS) is 17.4. The summed E-state index contributed by atoms with van der Waals surface area (Å²) in [6.45, 7) is 0. The van der Waals surface area contributed by atoms with Crippen LogP contribution in [-0.2, 0) is 0 Å². The summed E-state index contributed by atoms with van der Waals surface area (Å²) in [4.78, 5) is 11.0. The fraction of sp³-hybridized carbons (Fsp3) is 0.583. The van der Waals surface area contributed by atoms with Gasteiger partial charge in [-0.15, -0.1) is 5.10 Å². The van der Waals surface area contributed by atoms with Crippen molar-refractivity contribution < 1.29 is 14.6 Å². The van der Waals surface area contributed by atoms with Gasteiger partial charge in [0, 0.05) is 0 Å². The summed E-state index contributed by atoms with van der Waals surface area (Å²) in [5, 5.41) is 16.5. The number of carbonyl (C=O) groups is 1. The second-order valence-electron chi connectivity index (χ2n) is 4.29. The number of aromatic nitrogens is 2. The Balaban J connectivity index is 2.09. The summed E-state index contributed by atoms with van der Waals surface area (Å²) in [6, 6.07) is 1.42. The van der Waals surface area contributed by atoms with Crippen LogP contribution in [0.2, 0.25) is 0 Å². The van der Waals surface area contributed by atoms with Crippen molar-refractivity contribution >= 4 is 5.97 Å². The Kier molecular flexibility index (Phi) is 3.90. The number of nitrogens with zero attached hydrogens (tertiary/aromatic N) is 2. The molecule has 1 aromatic heterocycles. The lowest BCUT2D eigenvalue weighted by Gasteiger charge is -2.16. The first-order valence-electron chi connectivity index (χ1n) is 5.99. The average molecular weight is 236 g/mol. The summed E-state index contributed by atoms with van der Waals surface area (Å²) in [6.07, 6.45) is 8.10. The zero-order valence-corrected chi connectivity index (χ0v) is 9.63. The molecule has 0 bridgehead atoms. The van der Waals surface area contributed by atoms with E-state index in [2.05, 4.69) is 10.2 Å². The largest absolute Gasteiger partial charge is 0.477 e. The summed E-state index contributed by atoms with van der Waals surface area (Å²) in [5.41, 5.74) is 0.0873. The Morgan fingerprint density at radius 2 is 2.00 bits per heavy atom. The van der Waals surface area contributed by atoms with Crippen molar-refractivity contribution in [3.63, 3.8) is 0 Å². The van der Waals surface area contributed by atoms with E-state index in [1.165, 1.54) is 25.1 Å². The van der Waals surface area contributed by atoms with Gasteiger partial charge in [-0.1, -0.05) is 12.8 Å².